The second-order valence-corrected chi connectivity index (χ2v) is 7.60. The van der Waals surface area contributed by atoms with Gasteiger partial charge in [-0.05, 0) is 69.3 Å². The zero-order valence-electron chi connectivity index (χ0n) is 19.6. The SMILES string of the molecule is COc1ccc(C(=O)Nc2ccc(Oc3cc(-n4nc(C)cc4C)nc(C)n3)cc2)cc1OC. The number of anilines is 1. The summed E-state index contributed by atoms with van der Waals surface area (Å²) in [6, 6.07) is 15.7. The molecule has 1 N–H and O–H groups in total. The zero-order chi connectivity index (χ0) is 24.2. The van der Waals surface area contributed by atoms with Crippen molar-refractivity contribution in [2.75, 3.05) is 19.5 Å². The zero-order valence-corrected chi connectivity index (χ0v) is 19.6. The summed E-state index contributed by atoms with van der Waals surface area (Å²) in [5.41, 5.74) is 2.94. The number of aromatic nitrogens is 4. The summed E-state index contributed by atoms with van der Waals surface area (Å²) in [5, 5.41) is 7.33. The first-order chi connectivity index (χ1) is 16.4. The molecule has 2 heterocycles. The predicted molar refractivity (Wildman–Crippen MR) is 127 cm³/mol. The number of benzene rings is 2. The van der Waals surface area contributed by atoms with Gasteiger partial charge < -0.3 is 19.5 Å². The number of nitrogens with one attached hydrogen (secondary N) is 1. The summed E-state index contributed by atoms with van der Waals surface area (Å²) in [5.74, 6) is 2.94. The van der Waals surface area contributed by atoms with Gasteiger partial charge in [0.25, 0.3) is 5.91 Å². The second-order valence-electron chi connectivity index (χ2n) is 7.60. The molecule has 2 aromatic heterocycles. The van der Waals surface area contributed by atoms with Crippen molar-refractivity contribution in [2.24, 2.45) is 0 Å². The van der Waals surface area contributed by atoms with Crippen LogP contribution in [0.25, 0.3) is 5.82 Å². The molecular formula is C25H25N5O4. The van der Waals surface area contributed by atoms with Crippen LogP contribution in [0.4, 0.5) is 5.69 Å². The van der Waals surface area contributed by atoms with E-state index in [1.165, 1.54) is 7.11 Å². The molecule has 0 spiro atoms. The van der Waals surface area contributed by atoms with E-state index in [-0.39, 0.29) is 5.91 Å². The molecule has 174 valence electrons. The van der Waals surface area contributed by atoms with E-state index in [0.29, 0.717) is 46.0 Å². The molecule has 0 aliphatic rings. The number of rotatable bonds is 7. The first-order valence-electron chi connectivity index (χ1n) is 10.6. The molecule has 4 aromatic rings. The van der Waals surface area contributed by atoms with Crippen LogP contribution in [0.3, 0.4) is 0 Å². The van der Waals surface area contributed by atoms with Crippen LogP contribution < -0.4 is 19.5 Å². The van der Waals surface area contributed by atoms with Crippen LogP contribution in [-0.2, 0) is 0 Å². The van der Waals surface area contributed by atoms with Gasteiger partial charge in [0, 0.05) is 23.0 Å². The van der Waals surface area contributed by atoms with Crippen LogP contribution in [0.2, 0.25) is 0 Å². The first kappa shape index (κ1) is 22.8. The third kappa shape index (κ3) is 4.98. The lowest BCUT2D eigenvalue weighted by Gasteiger charge is -2.11. The lowest BCUT2D eigenvalue weighted by atomic mass is 10.2. The minimum absolute atomic E-state index is 0.268. The molecule has 4 rings (SSSR count). The quantitative estimate of drug-likeness (QED) is 0.429. The molecule has 0 unspecified atom stereocenters. The molecule has 0 radical (unpaired) electrons. The highest BCUT2D eigenvalue weighted by molar-refractivity contribution is 6.04. The molecule has 9 nitrogen and oxygen atoms in total. The van der Waals surface area contributed by atoms with Crippen molar-refractivity contribution in [1.29, 1.82) is 0 Å². The number of amides is 1. The molecule has 2 aromatic carbocycles. The molecule has 0 fully saturated rings. The van der Waals surface area contributed by atoms with Crippen LogP contribution in [0.1, 0.15) is 27.6 Å². The molecular weight excluding hydrogens is 434 g/mol. The van der Waals surface area contributed by atoms with Gasteiger partial charge in [0.05, 0.1) is 19.9 Å². The molecule has 0 aliphatic carbocycles. The molecule has 0 aliphatic heterocycles. The van der Waals surface area contributed by atoms with Gasteiger partial charge in [-0.15, -0.1) is 0 Å². The van der Waals surface area contributed by atoms with Crippen molar-refractivity contribution in [3.8, 4) is 28.9 Å². The highest BCUT2D eigenvalue weighted by Crippen LogP contribution is 2.28. The standard InChI is InChI=1S/C25H25N5O4/c1-15-12-16(2)30(29-15)23-14-24(27-17(3)26-23)34-20-9-7-19(8-10-20)28-25(31)18-6-11-21(32-4)22(13-18)33-5/h6-14H,1-5H3,(H,28,31). The molecule has 9 heteroatoms. The lowest BCUT2D eigenvalue weighted by Crippen LogP contribution is -2.12. The van der Waals surface area contributed by atoms with Crippen LogP contribution >= 0.6 is 0 Å². The number of methoxy groups -OCH3 is 2. The number of carbonyl (C=O) groups is 1. The molecule has 0 saturated carbocycles. The van der Waals surface area contributed by atoms with Gasteiger partial charge in [-0.2, -0.15) is 10.1 Å². The van der Waals surface area contributed by atoms with E-state index >= 15 is 0 Å². The number of nitrogens with zero attached hydrogens (tertiary/aromatic N) is 4. The first-order valence-corrected chi connectivity index (χ1v) is 10.6. The van der Waals surface area contributed by atoms with Gasteiger partial charge >= 0.3 is 0 Å². The largest absolute Gasteiger partial charge is 0.493 e. The smallest absolute Gasteiger partial charge is 0.255 e. The minimum Gasteiger partial charge on any atom is -0.493 e. The Morgan fingerprint density at radius 1 is 0.882 bits per heavy atom. The Morgan fingerprint density at radius 2 is 1.62 bits per heavy atom. The summed E-state index contributed by atoms with van der Waals surface area (Å²) >= 11 is 0. The summed E-state index contributed by atoms with van der Waals surface area (Å²) in [4.78, 5) is 21.5. The fourth-order valence-corrected chi connectivity index (χ4v) is 3.45. The Bertz CT molecular complexity index is 1330. The number of hydrogen-bond donors (Lipinski definition) is 1. The Hall–Kier alpha value is -4.40. The van der Waals surface area contributed by atoms with E-state index in [0.717, 1.165) is 11.4 Å². The van der Waals surface area contributed by atoms with Crippen molar-refractivity contribution in [3.63, 3.8) is 0 Å². The Kier molecular flexibility index (Phi) is 6.44. The van der Waals surface area contributed by atoms with Crippen LogP contribution in [-0.4, -0.2) is 39.9 Å². The normalized spacial score (nSPS) is 10.6. The van der Waals surface area contributed by atoms with Crippen molar-refractivity contribution in [1.82, 2.24) is 19.7 Å². The molecule has 0 atom stereocenters. The van der Waals surface area contributed by atoms with E-state index in [1.807, 2.05) is 19.9 Å². The summed E-state index contributed by atoms with van der Waals surface area (Å²) < 4.78 is 18.2. The van der Waals surface area contributed by atoms with Crippen LogP contribution in [0.15, 0.2) is 54.6 Å². The summed E-state index contributed by atoms with van der Waals surface area (Å²) in [6.45, 7) is 5.70. The highest BCUT2D eigenvalue weighted by atomic mass is 16.5. The van der Waals surface area contributed by atoms with E-state index < -0.39 is 0 Å². The number of ether oxygens (including phenoxy) is 3. The fraction of sp³-hybridized carbons (Fsp3) is 0.200. The monoisotopic (exact) mass is 459 g/mol. The number of aryl methyl sites for hydroxylation is 3. The highest BCUT2D eigenvalue weighted by Gasteiger charge is 2.12. The Labute approximate surface area is 197 Å². The number of hydrogen-bond acceptors (Lipinski definition) is 7. The average Bonchev–Trinajstić information content (AvgIpc) is 3.17. The maximum atomic E-state index is 12.6. The molecule has 34 heavy (non-hydrogen) atoms. The van der Waals surface area contributed by atoms with Gasteiger partial charge in [-0.3, -0.25) is 4.79 Å². The van der Waals surface area contributed by atoms with Crippen molar-refractivity contribution >= 4 is 11.6 Å². The second kappa shape index (κ2) is 9.62. The van der Waals surface area contributed by atoms with Crippen LogP contribution in [0, 0.1) is 20.8 Å². The van der Waals surface area contributed by atoms with Gasteiger partial charge in [0.1, 0.15) is 11.6 Å². The van der Waals surface area contributed by atoms with E-state index in [2.05, 4.69) is 20.4 Å². The lowest BCUT2D eigenvalue weighted by molar-refractivity contribution is 0.102. The summed E-state index contributed by atoms with van der Waals surface area (Å²) in [6.07, 6.45) is 0. The molecule has 0 saturated heterocycles. The Balaban J connectivity index is 1.47. The topological polar surface area (TPSA) is 100 Å². The third-order valence-corrected chi connectivity index (χ3v) is 5.01. The van der Waals surface area contributed by atoms with Gasteiger partial charge in [-0.1, -0.05) is 0 Å². The average molecular weight is 460 g/mol. The van der Waals surface area contributed by atoms with Crippen LogP contribution in [0.5, 0.6) is 23.1 Å². The maximum absolute atomic E-state index is 12.6. The van der Waals surface area contributed by atoms with Gasteiger partial charge in [0.15, 0.2) is 17.3 Å². The summed E-state index contributed by atoms with van der Waals surface area (Å²) in [7, 11) is 3.07. The predicted octanol–water partition coefficient (Wildman–Crippen LogP) is 4.65. The van der Waals surface area contributed by atoms with Crippen molar-refractivity contribution in [3.05, 3.63) is 77.4 Å². The van der Waals surface area contributed by atoms with E-state index in [4.69, 9.17) is 14.2 Å². The number of carbonyl (C=O) groups excluding carboxylic acids is 1. The van der Waals surface area contributed by atoms with Gasteiger partial charge in [0.2, 0.25) is 5.88 Å². The Morgan fingerprint density at radius 3 is 2.26 bits per heavy atom. The van der Waals surface area contributed by atoms with Crippen molar-refractivity contribution < 1.29 is 19.0 Å². The van der Waals surface area contributed by atoms with E-state index in [9.17, 15) is 4.79 Å². The third-order valence-electron chi connectivity index (χ3n) is 5.01. The fourth-order valence-electron chi connectivity index (χ4n) is 3.45. The molecule has 0 bridgehead atoms. The minimum atomic E-state index is -0.268. The van der Waals surface area contributed by atoms with Gasteiger partial charge in [-0.25, -0.2) is 9.67 Å². The van der Waals surface area contributed by atoms with Crippen molar-refractivity contribution in [2.45, 2.75) is 20.8 Å². The van der Waals surface area contributed by atoms with E-state index in [1.54, 1.807) is 67.2 Å². The maximum Gasteiger partial charge on any atom is 0.255 e. The molecule has 1 amide bonds.